The van der Waals surface area contributed by atoms with Crippen LogP contribution in [0.1, 0.15) is 18.9 Å². The smallest absolute Gasteiger partial charge is 0.414 e. The van der Waals surface area contributed by atoms with Gasteiger partial charge >= 0.3 is 6.18 Å². The fourth-order valence-corrected chi connectivity index (χ4v) is 1.37. The summed E-state index contributed by atoms with van der Waals surface area (Å²) in [5.41, 5.74) is 6.43. The summed E-state index contributed by atoms with van der Waals surface area (Å²) >= 11 is 0. The Hall–Kier alpha value is -1.27. The van der Waals surface area contributed by atoms with E-state index in [9.17, 15) is 13.2 Å². The molecule has 1 atom stereocenters. The largest absolute Gasteiger partial charge is 0.493 e. The molecule has 0 aliphatic heterocycles. The topological polar surface area (TPSA) is 44.5 Å². The van der Waals surface area contributed by atoms with Crippen molar-refractivity contribution in [3.63, 3.8) is 0 Å². The molecule has 1 rings (SSSR count). The number of benzene rings is 1. The van der Waals surface area contributed by atoms with Crippen LogP contribution in [0.15, 0.2) is 24.3 Å². The van der Waals surface area contributed by atoms with Gasteiger partial charge in [0.1, 0.15) is 5.75 Å². The zero-order valence-corrected chi connectivity index (χ0v) is 10.7. The van der Waals surface area contributed by atoms with Crippen molar-refractivity contribution in [1.82, 2.24) is 0 Å². The SMILES string of the molecule is CC(OCCCOc1cccc(CN)c1)C(F)(F)F. The fraction of sp³-hybridized carbons (Fsp3) is 0.538. The maximum absolute atomic E-state index is 12.1. The Morgan fingerprint density at radius 2 is 2.00 bits per heavy atom. The molecule has 0 heterocycles. The third kappa shape index (κ3) is 5.94. The first-order valence-corrected chi connectivity index (χ1v) is 6.03. The molecule has 0 spiro atoms. The predicted molar refractivity (Wildman–Crippen MR) is 65.9 cm³/mol. The standard InChI is InChI=1S/C13H18F3NO2/c1-10(13(14,15)16)18-6-3-7-19-12-5-2-4-11(8-12)9-17/h2,4-5,8,10H,3,6-7,9,17H2,1H3. The monoisotopic (exact) mass is 277 g/mol. The fourth-order valence-electron chi connectivity index (χ4n) is 1.37. The summed E-state index contributed by atoms with van der Waals surface area (Å²) in [6, 6.07) is 7.28. The molecule has 0 fully saturated rings. The van der Waals surface area contributed by atoms with Crippen LogP contribution < -0.4 is 10.5 Å². The van der Waals surface area contributed by atoms with Gasteiger partial charge in [0.15, 0.2) is 6.10 Å². The average molecular weight is 277 g/mol. The summed E-state index contributed by atoms with van der Waals surface area (Å²) in [5, 5.41) is 0. The van der Waals surface area contributed by atoms with Crippen molar-refractivity contribution in [3.05, 3.63) is 29.8 Å². The minimum atomic E-state index is -4.31. The number of alkyl halides is 3. The lowest BCUT2D eigenvalue weighted by atomic mass is 10.2. The van der Waals surface area contributed by atoms with E-state index in [1.807, 2.05) is 12.1 Å². The number of ether oxygens (including phenoxy) is 2. The highest BCUT2D eigenvalue weighted by molar-refractivity contribution is 5.28. The number of hydrogen-bond acceptors (Lipinski definition) is 3. The molecule has 2 N–H and O–H groups in total. The Morgan fingerprint density at radius 3 is 2.63 bits per heavy atom. The molecule has 3 nitrogen and oxygen atoms in total. The third-order valence-electron chi connectivity index (χ3n) is 2.52. The van der Waals surface area contributed by atoms with E-state index in [0.717, 1.165) is 12.5 Å². The van der Waals surface area contributed by atoms with Gasteiger partial charge in [0.2, 0.25) is 0 Å². The number of halogens is 3. The van der Waals surface area contributed by atoms with Crippen molar-refractivity contribution in [3.8, 4) is 5.75 Å². The van der Waals surface area contributed by atoms with E-state index in [2.05, 4.69) is 4.74 Å². The van der Waals surface area contributed by atoms with Gasteiger partial charge in [-0.15, -0.1) is 0 Å². The lowest BCUT2D eigenvalue weighted by Gasteiger charge is -2.16. The van der Waals surface area contributed by atoms with E-state index in [-0.39, 0.29) is 6.61 Å². The predicted octanol–water partition coefficient (Wildman–Crippen LogP) is 2.88. The summed E-state index contributed by atoms with van der Waals surface area (Å²) in [5.74, 6) is 0.659. The molecule has 1 unspecified atom stereocenters. The molecule has 19 heavy (non-hydrogen) atoms. The second-order valence-electron chi connectivity index (χ2n) is 4.11. The second-order valence-corrected chi connectivity index (χ2v) is 4.11. The Kier molecular flexibility index (Phi) is 6.11. The summed E-state index contributed by atoms with van der Waals surface area (Å²) in [6.45, 7) is 1.73. The molecule has 0 aromatic heterocycles. The zero-order valence-electron chi connectivity index (χ0n) is 10.7. The maximum atomic E-state index is 12.1. The van der Waals surface area contributed by atoms with Crippen LogP contribution in [0.4, 0.5) is 13.2 Å². The van der Waals surface area contributed by atoms with Crippen molar-refractivity contribution >= 4 is 0 Å². The zero-order chi connectivity index (χ0) is 14.3. The van der Waals surface area contributed by atoms with Crippen molar-refractivity contribution in [1.29, 1.82) is 0 Å². The first kappa shape index (κ1) is 15.8. The van der Waals surface area contributed by atoms with Crippen LogP contribution in [0.5, 0.6) is 5.75 Å². The molecule has 1 aromatic carbocycles. The molecular formula is C13H18F3NO2. The highest BCUT2D eigenvalue weighted by Gasteiger charge is 2.36. The highest BCUT2D eigenvalue weighted by Crippen LogP contribution is 2.22. The molecule has 0 aliphatic rings. The number of nitrogens with two attached hydrogens (primary N) is 1. The highest BCUT2D eigenvalue weighted by atomic mass is 19.4. The molecule has 0 radical (unpaired) electrons. The molecular weight excluding hydrogens is 259 g/mol. The average Bonchev–Trinajstić information content (AvgIpc) is 2.37. The molecule has 0 saturated carbocycles. The summed E-state index contributed by atoms with van der Waals surface area (Å²) < 4.78 is 46.5. The molecule has 108 valence electrons. The van der Waals surface area contributed by atoms with Gasteiger partial charge in [0.25, 0.3) is 0 Å². The van der Waals surface area contributed by atoms with Crippen LogP contribution in [0, 0.1) is 0 Å². The minimum absolute atomic E-state index is 0.0112. The first-order valence-electron chi connectivity index (χ1n) is 6.03. The first-order chi connectivity index (χ1) is 8.93. The lowest BCUT2D eigenvalue weighted by molar-refractivity contribution is -0.214. The summed E-state index contributed by atoms with van der Waals surface area (Å²) in [4.78, 5) is 0. The van der Waals surface area contributed by atoms with Crippen molar-refractivity contribution in [2.75, 3.05) is 13.2 Å². The van der Waals surface area contributed by atoms with Gasteiger partial charge in [-0.05, 0) is 24.6 Å². The van der Waals surface area contributed by atoms with Gasteiger partial charge in [0, 0.05) is 13.0 Å². The second kappa shape index (κ2) is 7.35. The van der Waals surface area contributed by atoms with E-state index in [1.165, 1.54) is 0 Å². The third-order valence-corrected chi connectivity index (χ3v) is 2.52. The van der Waals surface area contributed by atoms with Crippen molar-refractivity contribution < 1.29 is 22.6 Å². The molecule has 0 bridgehead atoms. The molecule has 0 aliphatic carbocycles. The minimum Gasteiger partial charge on any atom is -0.493 e. The van der Waals surface area contributed by atoms with Crippen LogP contribution in [0.3, 0.4) is 0 Å². The number of rotatable bonds is 7. The van der Waals surface area contributed by atoms with E-state index in [0.29, 0.717) is 25.3 Å². The Labute approximate surface area is 110 Å². The van der Waals surface area contributed by atoms with Crippen LogP contribution in [0.2, 0.25) is 0 Å². The van der Waals surface area contributed by atoms with Gasteiger partial charge in [-0.3, -0.25) is 0 Å². The van der Waals surface area contributed by atoms with Crippen LogP contribution in [0.25, 0.3) is 0 Å². The molecule has 0 amide bonds. The van der Waals surface area contributed by atoms with E-state index in [1.54, 1.807) is 12.1 Å². The van der Waals surface area contributed by atoms with Crippen molar-refractivity contribution in [2.24, 2.45) is 5.73 Å². The van der Waals surface area contributed by atoms with Crippen LogP contribution in [-0.4, -0.2) is 25.5 Å². The van der Waals surface area contributed by atoms with Gasteiger partial charge < -0.3 is 15.2 Å². The maximum Gasteiger partial charge on any atom is 0.414 e. The van der Waals surface area contributed by atoms with E-state index >= 15 is 0 Å². The summed E-state index contributed by atoms with van der Waals surface area (Å²) in [6.07, 6.45) is -5.66. The summed E-state index contributed by atoms with van der Waals surface area (Å²) in [7, 11) is 0. The Bertz CT molecular complexity index is 382. The lowest BCUT2D eigenvalue weighted by Crippen LogP contribution is -2.29. The Morgan fingerprint density at radius 1 is 1.26 bits per heavy atom. The number of hydrogen-bond donors (Lipinski definition) is 1. The molecule has 6 heteroatoms. The van der Waals surface area contributed by atoms with E-state index < -0.39 is 12.3 Å². The normalized spacial score (nSPS) is 13.3. The van der Waals surface area contributed by atoms with Crippen LogP contribution in [-0.2, 0) is 11.3 Å². The van der Waals surface area contributed by atoms with E-state index in [4.69, 9.17) is 10.5 Å². The van der Waals surface area contributed by atoms with Gasteiger partial charge in [-0.1, -0.05) is 12.1 Å². The van der Waals surface area contributed by atoms with Gasteiger partial charge in [-0.25, -0.2) is 0 Å². The quantitative estimate of drug-likeness (QED) is 0.779. The van der Waals surface area contributed by atoms with Crippen molar-refractivity contribution in [2.45, 2.75) is 32.2 Å². The van der Waals surface area contributed by atoms with Crippen LogP contribution >= 0.6 is 0 Å². The Balaban J connectivity index is 2.20. The van der Waals surface area contributed by atoms with Gasteiger partial charge in [0.05, 0.1) is 13.2 Å². The van der Waals surface area contributed by atoms with Gasteiger partial charge in [-0.2, -0.15) is 13.2 Å². The molecule has 0 saturated heterocycles. The molecule has 1 aromatic rings.